The summed E-state index contributed by atoms with van der Waals surface area (Å²) in [5, 5.41) is 0. The second-order valence-corrected chi connectivity index (χ2v) is 5.51. The highest BCUT2D eigenvalue weighted by Gasteiger charge is 2.34. The Morgan fingerprint density at radius 2 is 1.81 bits per heavy atom. The van der Waals surface area contributed by atoms with Crippen LogP contribution in [0.1, 0.15) is 21.5 Å². The smallest absolute Gasteiger partial charge is 0.419 e. The normalized spacial score (nSPS) is 11.5. The summed E-state index contributed by atoms with van der Waals surface area (Å²) in [7, 11) is 2.51. The van der Waals surface area contributed by atoms with Crippen molar-refractivity contribution in [2.75, 3.05) is 19.1 Å². The van der Waals surface area contributed by atoms with Crippen molar-refractivity contribution in [1.29, 1.82) is 0 Å². The zero-order chi connectivity index (χ0) is 20.2. The van der Waals surface area contributed by atoms with E-state index >= 15 is 0 Å². The molecule has 0 saturated carbocycles. The van der Waals surface area contributed by atoms with Crippen molar-refractivity contribution in [3.05, 3.63) is 71.0 Å². The Balaban J connectivity index is 2.30. The van der Waals surface area contributed by atoms with Crippen LogP contribution in [0.15, 0.2) is 48.5 Å². The van der Waals surface area contributed by atoms with Crippen LogP contribution in [0.3, 0.4) is 0 Å². The molecule has 0 unspecified atom stereocenters. The van der Waals surface area contributed by atoms with Crippen LogP contribution in [0.5, 0.6) is 0 Å². The molecule has 0 heterocycles. The Morgan fingerprint density at radius 1 is 1.11 bits per heavy atom. The quantitative estimate of drug-likeness (QED) is 0.451. The summed E-state index contributed by atoms with van der Waals surface area (Å²) in [6.45, 7) is 0. The number of nitrogens with zero attached hydrogens (tertiary/aromatic N) is 1. The van der Waals surface area contributed by atoms with Crippen LogP contribution < -0.4 is 4.90 Å². The lowest BCUT2D eigenvalue weighted by Crippen LogP contribution is -2.26. The summed E-state index contributed by atoms with van der Waals surface area (Å²) in [5.41, 5.74) is -0.851. The third-order valence-corrected chi connectivity index (χ3v) is 3.69. The molecule has 0 saturated heterocycles. The summed E-state index contributed by atoms with van der Waals surface area (Å²) in [5.74, 6) is -2.58. The Labute approximate surface area is 152 Å². The van der Waals surface area contributed by atoms with Gasteiger partial charge in [-0.1, -0.05) is 12.1 Å². The van der Waals surface area contributed by atoms with Gasteiger partial charge in [0, 0.05) is 24.4 Å². The lowest BCUT2D eigenvalue weighted by atomic mass is 10.1. The van der Waals surface area contributed by atoms with Crippen LogP contribution in [0, 0.1) is 5.82 Å². The number of hydrogen-bond donors (Lipinski definition) is 0. The largest absolute Gasteiger partial charge is 0.466 e. The van der Waals surface area contributed by atoms with E-state index in [1.165, 1.54) is 38.4 Å². The van der Waals surface area contributed by atoms with E-state index < -0.39 is 29.4 Å². The van der Waals surface area contributed by atoms with Crippen LogP contribution in [0.2, 0.25) is 0 Å². The van der Waals surface area contributed by atoms with Gasteiger partial charge in [-0.25, -0.2) is 9.18 Å². The maximum Gasteiger partial charge on any atom is 0.419 e. The van der Waals surface area contributed by atoms with E-state index in [4.69, 9.17) is 0 Å². The molecular weight excluding hydrogens is 366 g/mol. The van der Waals surface area contributed by atoms with E-state index in [0.717, 1.165) is 11.0 Å². The Kier molecular flexibility index (Phi) is 5.99. The topological polar surface area (TPSA) is 46.6 Å². The third-order valence-electron chi connectivity index (χ3n) is 3.69. The molecule has 8 heteroatoms. The van der Waals surface area contributed by atoms with Gasteiger partial charge in [0.15, 0.2) is 0 Å². The minimum Gasteiger partial charge on any atom is -0.466 e. The number of carbonyl (C=O) groups is 2. The molecule has 0 radical (unpaired) electrons. The first-order valence-corrected chi connectivity index (χ1v) is 7.64. The van der Waals surface area contributed by atoms with Gasteiger partial charge in [-0.15, -0.1) is 0 Å². The minimum atomic E-state index is -4.87. The standard InChI is InChI=1S/C19H15F4NO3/c1-24(14-7-8-16(20)15(11-14)19(21,22)23)18(26)13-5-3-4-12(10-13)6-9-17(25)27-2/h3-11H,1-2H3/b9-6+. The molecular formula is C19H15F4NO3. The fraction of sp³-hybridized carbons (Fsp3) is 0.158. The number of ether oxygens (including phenoxy) is 1. The van der Waals surface area contributed by atoms with Gasteiger partial charge in [0.2, 0.25) is 0 Å². The number of rotatable bonds is 4. The summed E-state index contributed by atoms with van der Waals surface area (Å²) >= 11 is 0. The molecule has 2 aromatic rings. The lowest BCUT2D eigenvalue weighted by Gasteiger charge is -2.19. The van der Waals surface area contributed by atoms with Crippen molar-refractivity contribution in [2.45, 2.75) is 6.18 Å². The summed E-state index contributed by atoms with van der Waals surface area (Å²) in [6.07, 6.45) is -2.27. The number of halogens is 4. The van der Waals surface area contributed by atoms with Crippen LogP contribution >= 0.6 is 0 Å². The molecule has 0 fully saturated rings. The maximum atomic E-state index is 13.4. The first kappa shape index (κ1) is 20.2. The average molecular weight is 381 g/mol. The van der Waals surface area contributed by atoms with Gasteiger partial charge in [-0.2, -0.15) is 13.2 Å². The van der Waals surface area contributed by atoms with Crippen molar-refractivity contribution in [3.63, 3.8) is 0 Å². The second-order valence-electron chi connectivity index (χ2n) is 5.51. The van der Waals surface area contributed by atoms with Gasteiger partial charge in [-0.05, 0) is 42.0 Å². The van der Waals surface area contributed by atoms with Crippen molar-refractivity contribution in [1.82, 2.24) is 0 Å². The summed E-state index contributed by atoms with van der Waals surface area (Å²) < 4.78 is 56.5. The Hall–Kier alpha value is -3.16. The van der Waals surface area contributed by atoms with Crippen molar-refractivity contribution < 1.29 is 31.9 Å². The highest BCUT2D eigenvalue weighted by molar-refractivity contribution is 6.06. The minimum absolute atomic E-state index is 0.107. The molecule has 0 aliphatic rings. The molecule has 142 valence electrons. The van der Waals surface area contributed by atoms with Gasteiger partial charge in [-0.3, -0.25) is 4.79 Å². The molecule has 2 aromatic carbocycles. The zero-order valence-electron chi connectivity index (χ0n) is 14.4. The number of hydrogen-bond acceptors (Lipinski definition) is 3. The van der Waals surface area contributed by atoms with E-state index in [9.17, 15) is 27.2 Å². The number of amides is 1. The monoisotopic (exact) mass is 381 g/mol. The maximum absolute atomic E-state index is 13.4. The zero-order valence-corrected chi connectivity index (χ0v) is 14.4. The molecule has 2 rings (SSSR count). The predicted octanol–water partition coefficient (Wildman–Crippen LogP) is 4.31. The molecule has 0 spiro atoms. The molecule has 0 aliphatic carbocycles. The molecule has 0 atom stereocenters. The number of anilines is 1. The Morgan fingerprint density at radius 3 is 2.44 bits per heavy atom. The molecule has 0 aromatic heterocycles. The van der Waals surface area contributed by atoms with E-state index in [1.54, 1.807) is 12.1 Å². The summed E-state index contributed by atoms with van der Waals surface area (Å²) in [4.78, 5) is 24.7. The fourth-order valence-corrected chi connectivity index (χ4v) is 2.26. The number of carbonyl (C=O) groups excluding carboxylic acids is 2. The van der Waals surface area contributed by atoms with Crippen LogP contribution in [0.4, 0.5) is 23.2 Å². The van der Waals surface area contributed by atoms with Crippen molar-refractivity contribution in [2.24, 2.45) is 0 Å². The number of alkyl halides is 3. The highest BCUT2D eigenvalue weighted by atomic mass is 19.4. The SMILES string of the molecule is COC(=O)/C=C/c1cccc(C(=O)N(C)c2ccc(F)c(C(F)(F)F)c2)c1. The third kappa shape index (κ3) is 4.93. The van der Waals surface area contributed by atoms with Crippen molar-refractivity contribution in [3.8, 4) is 0 Å². The number of methoxy groups -OCH3 is 1. The van der Waals surface area contributed by atoms with E-state index in [2.05, 4.69) is 4.74 Å². The molecule has 1 amide bonds. The van der Waals surface area contributed by atoms with E-state index in [1.807, 2.05) is 0 Å². The summed E-state index contributed by atoms with van der Waals surface area (Å²) in [6, 6.07) is 8.46. The van der Waals surface area contributed by atoms with E-state index in [0.29, 0.717) is 17.7 Å². The molecule has 0 bridgehead atoms. The molecule has 0 N–H and O–H groups in total. The van der Waals surface area contributed by atoms with Crippen LogP contribution in [-0.4, -0.2) is 26.0 Å². The first-order valence-electron chi connectivity index (χ1n) is 7.64. The average Bonchev–Trinajstić information content (AvgIpc) is 2.64. The van der Waals surface area contributed by atoms with Gasteiger partial charge >= 0.3 is 12.1 Å². The predicted molar refractivity (Wildman–Crippen MR) is 91.6 cm³/mol. The second kappa shape index (κ2) is 8.03. The lowest BCUT2D eigenvalue weighted by molar-refractivity contribution is -0.140. The van der Waals surface area contributed by atoms with Crippen LogP contribution in [-0.2, 0) is 15.7 Å². The van der Waals surface area contributed by atoms with Gasteiger partial charge < -0.3 is 9.64 Å². The van der Waals surface area contributed by atoms with Gasteiger partial charge in [0.05, 0.1) is 12.7 Å². The van der Waals surface area contributed by atoms with E-state index in [-0.39, 0.29) is 11.3 Å². The molecule has 0 aliphatic heterocycles. The first-order chi connectivity index (χ1) is 12.6. The van der Waals surface area contributed by atoms with Crippen molar-refractivity contribution >= 4 is 23.6 Å². The highest BCUT2D eigenvalue weighted by Crippen LogP contribution is 2.34. The van der Waals surface area contributed by atoms with Gasteiger partial charge in [0.25, 0.3) is 5.91 Å². The number of benzene rings is 2. The molecule has 4 nitrogen and oxygen atoms in total. The molecule has 27 heavy (non-hydrogen) atoms. The van der Waals surface area contributed by atoms with Crippen LogP contribution in [0.25, 0.3) is 6.08 Å². The number of esters is 1. The van der Waals surface area contributed by atoms with Gasteiger partial charge in [0.1, 0.15) is 5.82 Å². The fourth-order valence-electron chi connectivity index (χ4n) is 2.26. The Bertz CT molecular complexity index is 891.